The zero-order chi connectivity index (χ0) is 12.1. The lowest BCUT2D eigenvalue weighted by Gasteiger charge is -2.01. The molecule has 0 unspecified atom stereocenters. The van der Waals surface area contributed by atoms with Gasteiger partial charge in [0.05, 0.1) is 0 Å². The van der Waals surface area contributed by atoms with Gasteiger partial charge in [-0.2, -0.15) is 0 Å². The number of rotatable bonds is 0. The number of para-hydroxylation sites is 1. The molecule has 0 spiro atoms. The Labute approximate surface area is 109 Å². The number of aromatic nitrogens is 1. The minimum atomic E-state index is 0.778. The molecule has 1 N–H and O–H groups in total. The van der Waals surface area contributed by atoms with Gasteiger partial charge in [-0.15, -0.1) is 0 Å². The van der Waals surface area contributed by atoms with Crippen LogP contribution < -0.4 is 0 Å². The highest BCUT2D eigenvalue weighted by molar-refractivity contribution is 6.32. The maximum atomic E-state index is 6.13. The normalized spacial score (nSPS) is 11.6. The summed E-state index contributed by atoms with van der Waals surface area (Å²) in [6.45, 7) is 0. The van der Waals surface area contributed by atoms with Crippen molar-refractivity contribution in [3.05, 3.63) is 59.6 Å². The summed E-state index contributed by atoms with van der Waals surface area (Å²) in [6, 6.07) is 18.7. The maximum absolute atomic E-state index is 6.13. The van der Waals surface area contributed by atoms with Crippen molar-refractivity contribution >= 4 is 44.2 Å². The Balaban J connectivity index is 2.35. The Hall–Kier alpha value is -1.99. The van der Waals surface area contributed by atoms with Crippen molar-refractivity contribution in [2.75, 3.05) is 0 Å². The van der Waals surface area contributed by atoms with E-state index in [0.29, 0.717) is 0 Å². The number of aromatic amines is 1. The van der Waals surface area contributed by atoms with Gasteiger partial charge in [0.15, 0.2) is 0 Å². The van der Waals surface area contributed by atoms with Gasteiger partial charge in [-0.05, 0) is 35.0 Å². The van der Waals surface area contributed by atoms with Crippen LogP contribution in [-0.4, -0.2) is 4.98 Å². The van der Waals surface area contributed by atoms with Crippen LogP contribution in [0.2, 0.25) is 5.02 Å². The first-order chi connectivity index (χ1) is 8.83. The molecule has 0 aliphatic carbocycles. The zero-order valence-corrected chi connectivity index (χ0v) is 10.3. The van der Waals surface area contributed by atoms with Crippen molar-refractivity contribution in [2.24, 2.45) is 0 Å². The van der Waals surface area contributed by atoms with Crippen molar-refractivity contribution in [3.8, 4) is 0 Å². The van der Waals surface area contributed by atoms with Crippen LogP contribution in [0.25, 0.3) is 32.6 Å². The maximum Gasteiger partial charge on any atom is 0.0471 e. The smallest absolute Gasteiger partial charge is 0.0471 e. The summed E-state index contributed by atoms with van der Waals surface area (Å²) in [6.07, 6.45) is 0. The molecule has 0 aliphatic rings. The van der Waals surface area contributed by atoms with Crippen LogP contribution in [-0.2, 0) is 0 Å². The predicted octanol–water partition coefficient (Wildman–Crippen LogP) is 5.13. The Morgan fingerprint density at radius 1 is 0.778 bits per heavy atom. The van der Waals surface area contributed by atoms with E-state index in [1.165, 1.54) is 27.1 Å². The molecule has 0 fully saturated rings. The second kappa shape index (κ2) is 3.50. The van der Waals surface area contributed by atoms with Crippen LogP contribution in [0.1, 0.15) is 0 Å². The van der Waals surface area contributed by atoms with E-state index in [9.17, 15) is 0 Å². The third kappa shape index (κ3) is 1.28. The highest BCUT2D eigenvalue weighted by atomic mass is 35.5. The van der Waals surface area contributed by atoms with Gasteiger partial charge >= 0.3 is 0 Å². The highest BCUT2D eigenvalue weighted by Crippen LogP contribution is 2.33. The van der Waals surface area contributed by atoms with E-state index in [4.69, 9.17) is 11.6 Å². The minimum absolute atomic E-state index is 0.778. The van der Waals surface area contributed by atoms with Gasteiger partial charge < -0.3 is 4.98 Å². The molecule has 0 atom stereocenters. The van der Waals surface area contributed by atoms with Crippen molar-refractivity contribution in [1.82, 2.24) is 4.98 Å². The average Bonchev–Trinajstić information content (AvgIpc) is 2.77. The van der Waals surface area contributed by atoms with E-state index in [1.54, 1.807) is 0 Å². The van der Waals surface area contributed by atoms with Crippen LogP contribution >= 0.6 is 11.6 Å². The molecule has 3 aromatic carbocycles. The first-order valence-corrected chi connectivity index (χ1v) is 6.29. The minimum Gasteiger partial charge on any atom is -0.354 e. The Bertz CT molecular complexity index is 889. The Morgan fingerprint density at radius 2 is 1.61 bits per heavy atom. The fourth-order valence-corrected chi connectivity index (χ4v) is 2.81. The van der Waals surface area contributed by atoms with Crippen molar-refractivity contribution in [2.45, 2.75) is 0 Å². The summed E-state index contributed by atoms with van der Waals surface area (Å²) in [5, 5.41) is 5.71. The van der Waals surface area contributed by atoms with Crippen LogP contribution in [0, 0.1) is 0 Å². The molecule has 0 aliphatic heterocycles. The Kier molecular flexibility index (Phi) is 1.94. The summed E-state index contributed by atoms with van der Waals surface area (Å²) in [7, 11) is 0. The van der Waals surface area contributed by atoms with Gasteiger partial charge in [0.1, 0.15) is 0 Å². The third-order valence-electron chi connectivity index (χ3n) is 3.45. The summed E-state index contributed by atoms with van der Waals surface area (Å²) in [5.41, 5.74) is 2.32. The third-order valence-corrected chi connectivity index (χ3v) is 3.68. The van der Waals surface area contributed by atoms with Crippen LogP contribution in [0.4, 0.5) is 0 Å². The van der Waals surface area contributed by atoms with E-state index in [-0.39, 0.29) is 0 Å². The van der Waals surface area contributed by atoms with Gasteiger partial charge in [0.2, 0.25) is 0 Å². The monoisotopic (exact) mass is 251 g/mol. The molecule has 0 bridgehead atoms. The molecule has 0 saturated carbocycles. The summed E-state index contributed by atoms with van der Waals surface area (Å²) >= 11 is 6.13. The van der Waals surface area contributed by atoms with Crippen LogP contribution in [0.5, 0.6) is 0 Å². The fraction of sp³-hybridized carbons (Fsp3) is 0. The second-order valence-electron chi connectivity index (χ2n) is 4.52. The summed E-state index contributed by atoms with van der Waals surface area (Å²) in [4.78, 5) is 3.45. The van der Waals surface area contributed by atoms with Crippen molar-refractivity contribution in [3.63, 3.8) is 0 Å². The number of hydrogen-bond acceptors (Lipinski definition) is 0. The summed E-state index contributed by atoms with van der Waals surface area (Å²) < 4.78 is 0. The fourth-order valence-electron chi connectivity index (χ4n) is 2.64. The first kappa shape index (κ1) is 9.98. The lowest BCUT2D eigenvalue weighted by molar-refractivity contribution is 1.55. The van der Waals surface area contributed by atoms with E-state index < -0.39 is 0 Å². The number of benzene rings is 3. The molecular weight excluding hydrogens is 242 g/mol. The van der Waals surface area contributed by atoms with Crippen molar-refractivity contribution in [1.29, 1.82) is 0 Å². The number of hydrogen-bond donors (Lipinski definition) is 1. The van der Waals surface area contributed by atoms with E-state index in [0.717, 1.165) is 10.5 Å². The molecule has 1 aromatic heterocycles. The molecule has 18 heavy (non-hydrogen) atoms. The van der Waals surface area contributed by atoms with E-state index >= 15 is 0 Å². The van der Waals surface area contributed by atoms with Gasteiger partial charge in [-0.1, -0.05) is 41.9 Å². The molecule has 0 radical (unpaired) electrons. The van der Waals surface area contributed by atoms with E-state index in [2.05, 4.69) is 41.4 Å². The lowest BCUT2D eigenvalue weighted by atomic mass is 10.0. The quantitative estimate of drug-likeness (QED) is 0.446. The topological polar surface area (TPSA) is 15.8 Å². The van der Waals surface area contributed by atoms with Crippen LogP contribution in [0.3, 0.4) is 0 Å². The SMILES string of the molecule is Clc1ccc2ccc3[nH]c4ccccc4c3c2c1. The number of fused-ring (bicyclic) bond motifs is 5. The molecule has 0 saturated heterocycles. The molecule has 4 rings (SSSR count). The first-order valence-electron chi connectivity index (χ1n) is 5.92. The molecule has 86 valence electrons. The molecule has 4 aromatic rings. The molecule has 0 amide bonds. The number of halogens is 1. The standard InChI is InChI=1S/C16H10ClN/c17-11-7-5-10-6-8-15-16(13(10)9-11)12-3-1-2-4-14(12)18-15/h1-9,18H. The molecular formula is C16H10ClN. The van der Waals surface area contributed by atoms with Crippen LogP contribution in [0.15, 0.2) is 54.6 Å². The van der Waals surface area contributed by atoms with Gasteiger partial charge in [0.25, 0.3) is 0 Å². The molecule has 1 nitrogen and oxygen atoms in total. The lowest BCUT2D eigenvalue weighted by Crippen LogP contribution is -1.75. The largest absolute Gasteiger partial charge is 0.354 e. The number of nitrogens with one attached hydrogen (secondary N) is 1. The van der Waals surface area contributed by atoms with Gasteiger partial charge in [-0.25, -0.2) is 0 Å². The van der Waals surface area contributed by atoms with Crippen molar-refractivity contribution < 1.29 is 0 Å². The number of H-pyrrole nitrogens is 1. The second-order valence-corrected chi connectivity index (χ2v) is 4.96. The average molecular weight is 252 g/mol. The molecule has 2 heteroatoms. The van der Waals surface area contributed by atoms with Gasteiger partial charge in [-0.3, -0.25) is 0 Å². The summed E-state index contributed by atoms with van der Waals surface area (Å²) in [5.74, 6) is 0. The highest BCUT2D eigenvalue weighted by Gasteiger charge is 2.07. The zero-order valence-electron chi connectivity index (χ0n) is 9.57. The van der Waals surface area contributed by atoms with Gasteiger partial charge in [0, 0.05) is 26.8 Å². The van der Waals surface area contributed by atoms with E-state index in [1.807, 2.05) is 18.2 Å². The predicted molar refractivity (Wildman–Crippen MR) is 78.3 cm³/mol. The molecule has 1 heterocycles. The Morgan fingerprint density at radius 3 is 2.56 bits per heavy atom.